The van der Waals surface area contributed by atoms with Crippen molar-refractivity contribution in [2.45, 2.75) is 0 Å². The zero-order valence-corrected chi connectivity index (χ0v) is 7.15. The minimum Gasteiger partial charge on any atom is -0.361 e. The Morgan fingerprint density at radius 2 is 2.29 bits per heavy atom. The van der Waals surface area contributed by atoms with Crippen LogP contribution in [0.1, 0.15) is 10.4 Å². The molecule has 0 aliphatic rings. The van der Waals surface area contributed by atoms with Gasteiger partial charge in [0.15, 0.2) is 0 Å². The topological polar surface area (TPSA) is 65.9 Å². The molecule has 0 amide bonds. The Kier molecular flexibility index (Phi) is 1.92. The highest BCUT2D eigenvalue weighted by molar-refractivity contribution is 5.94. The lowest BCUT2D eigenvalue weighted by atomic mass is 10.1. The van der Waals surface area contributed by atoms with Crippen LogP contribution >= 0.6 is 0 Å². The van der Waals surface area contributed by atoms with E-state index in [2.05, 4.69) is 9.72 Å². The lowest BCUT2D eigenvalue weighted by molar-refractivity contribution is 0.0685. The predicted molar refractivity (Wildman–Crippen MR) is 49.3 cm³/mol. The Balaban J connectivity index is 2.44. The molecule has 0 radical (unpaired) electrons. The molecule has 4 nitrogen and oxygen atoms in total. The van der Waals surface area contributed by atoms with Crippen molar-refractivity contribution in [3.05, 3.63) is 36.0 Å². The smallest absolute Gasteiger partial charge is 0.353 e. The molecule has 0 spiro atoms. The SMILES string of the molecule is N#COC(=O)c1ccc2[nH]ccc2c1. The van der Waals surface area contributed by atoms with Crippen LogP contribution in [0.25, 0.3) is 10.9 Å². The van der Waals surface area contributed by atoms with Crippen LogP contribution in [0.3, 0.4) is 0 Å². The molecule has 1 aromatic heterocycles. The van der Waals surface area contributed by atoms with Crippen molar-refractivity contribution in [3.63, 3.8) is 0 Å². The van der Waals surface area contributed by atoms with E-state index in [4.69, 9.17) is 5.26 Å². The Morgan fingerprint density at radius 1 is 1.43 bits per heavy atom. The number of ether oxygens (including phenoxy) is 1. The molecule has 68 valence electrons. The van der Waals surface area contributed by atoms with Crippen LogP contribution < -0.4 is 0 Å². The normalized spacial score (nSPS) is 9.64. The highest BCUT2D eigenvalue weighted by Gasteiger charge is 2.07. The molecule has 0 fully saturated rings. The minimum absolute atomic E-state index is 0.374. The lowest BCUT2D eigenvalue weighted by Crippen LogP contribution is -1.99. The first-order valence-electron chi connectivity index (χ1n) is 3.98. The number of H-pyrrole nitrogens is 1. The van der Waals surface area contributed by atoms with Gasteiger partial charge in [0.2, 0.25) is 0 Å². The number of carbonyl (C=O) groups is 1. The molecule has 0 atom stereocenters. The van der Waals surface area contributed by atoms with Crippen molar-refractivity contribution in [3.8, 4) is 6.26 Å². The van der Waals surface area contributed by atoms with E-state index < -0.39 is 5.97 Å². The van der Waals surface area contributed by atoms with Gasteiger partial charge < -0.3 is 9.72 Å². The zero-order valence-electron chi connectivity index (χ0n) is 7.15. The third-order valence-electron chi connectivity index (χ3n) is 1.93. The molecule has 0 aliphatic carbocycles. The summed E-state index contributed by atoms with van der Waals surface area (Å²) in [4.78, 5) is 14.2. The molecule has 1 aromatic carbocycles. The maximum atomic E-state index is 11.2. The van der Waals surface area contributed by atoms with Crippen LogP contribution in [-0.4, -0.2) is 11.0 Å². The summed E-state index contributed by atoms with van der Waals surface area (Å²) in [6.07, 6.45) is 3.13. The van der Waals surface area contributed by atoms with Gasteiger partial charge in [-0.15, -0.1) is 5.26 Å². The van der Waals surface area contributed by atoms with Crippen LogP contribution in [-0.2, 0) is 4.74 Å². The molecule has 4 heteroatoms. The van der Waals surface area contributed by atoms with Gasteiger partial charge in [-0.25, -0.2) is 4.79 Å². The summed E-state index contributed by atoms with van der Waals surface area (Å²) in [5.74, 6) is -0.629. The third kappa shape index (κ3) is 1.31. The monoisotopic (exact) mass is 186 g/mol. The number of rotatable bonds is 1. The van der Waals surface area contributed by atoms with Crippen molar-refractivity contribution in [2.24, 2.45) is 0 Å². The van der Waals surface area contributed by atoms with Gasteiger partial charge in [-0.1, -0.05) is 0 Å². The Labute approximate surface area is 79.7 Å². The summed E-state index contributed by atoms with van der Waals surface area (Å²) in [6.45, 7) is 0. The van der Waals surface area contributed by atoms with E-state index in [0.717, 1.165) is 10.9 Å². The number of fused-ring (bicyclic) bond motifs is 1. The highest BCUT2D eigenvalue weighted by Crippen LogP contribution is 2.14. The van der Waals surface area contributed by atoms with E-state index in [-0.39, 0.29) is 0 Å². The number of benzene rings is 1. The van der Waals surface area contributed by atoms with Crippen molar-refractivity contribution in [1.29, 1.82) is 5.26 Å². The summed E-state index contributed by atoms with van der Waals surface area (Å²) in [6, 6.07) is 6.89. The van der Waals surface area contributed by atoms with Crippen molar-refractivity contribution >= 4 is 16.9 Å². The fraction of sp³-hybridized carbons (Fsp3) is 0. The van der Waals surface area contributed by atoms with E-state index in [1.165, 1.54) is 6.26 Å². The van der Waals surface area contributed by atoms with Gasteiger partial charge >= 0.3 is 5.97 Å². The molecular formula is C10H6N2O2. The fourth-order valence-electron chi connectivity index (χ4n) is 1.28. The summed E-state index contributed by atoms with van der Waals surface area (Å²) in [5.41, 5.74) is 1.32. The summed E-state index contributed by atoms with van der Waals surface area (Å²) in [7, 11) is 0. The number of aromatic amines is 1. The molecule has 2 aromatic rings. The molecular weight excluding hydrogens is 180 g/mol. The minimum atomic E-state index is -0.629. The van der Waals surface area contributed by atoms with Gasteiger partial charge in [-0.2, -0.15) is 0 Å². The molecule has 0 unspecified atom stereocenters. The summed E-state index contributed by atoms with van der Waals surface area (Å²) >= 11 is 0. The molecule has 14 heavy (non-hydrogen) atoms. The van der Waals surface area contributed by atoms with Gasteiger partial charge in [-0.3, -0.25) is 0 Å². The average Bonchev–Trinajstić information content (AvgIpc) is 2.64. The lowest BCUT2D eigenvalue weighted by Gasteiger charge is -1.96. The zero-order chi connectivity index (χ0) is 9.97. The van der Waals surface area contributed by atoms with Gasteiger partial charge in [0.05, 0.1) is 5.56 Å². The number of hydrogen-bond donors (Lipinski definition) is 1. The van der Waals surface area contributed by atoms with E-state index >= 15 is 0 Å². The van der Waals surface area contributed by atoms with Crippen LogP contribution in [0.4, 0.5) is 0 Å². The van der Waals surface area contributed by atoms with Gasteiger partial charge in [0.1, 0.15) is 0 Å². The molecule has 0 saturated heterocycles. The quantitative estimate of drug-likeness (QED) is 0.545. The van der Waals surface area contributed by atoms with Crippen LogP contribution in [0.5, 0.6) is 0 Å². The Bertz CT molecular complexity index is 522. The van der Waals surface area contributed by atoms with E-state index in [1.54, 1.807) is 24.4 Å². The molecule has 0 bridgehead atoms. The molecule has 1 N–H and O–H groups in total. The predicted octanol–water partition coefficient (Wildman–Crippen LogP) is 1.81. The first-order valence-corrected chi connectivity index (χ1v) is 3.98. The number of hydrogen-bond acceptors (Lipinski definition) is 3. The van der Waals surface area contributed by atoms with Crippen LogP contribution in [0.15, 0.2) is 30.5 Å². The second kappa shape index (κ2) is 3.23. The molecule has 1 heterocycles. The summed E-state index contributed by atoms with van der Waals surface area (Å²) < 4.78 is 4.21. The largest absolute Gasteiger partial charge is 0.361 e. The van der Waals surface area contributed by atoms with Gasteiger partial charge in [0.25, 0.3) is 6.26 Å². The number of nitrogens with one attached hydrogen (secondary N) is 1. The number of esters is 1. The summed E-state index contributed by atoms with van der Waals surface area (Å²) in [5, 5.41) is 9.09. The molecule has 0 saturated carbocycles. The standard InChI is InChI=1S/C10H6N2O2/c11-6-14-10(13)8-1-2-9-7(5-8)3-4-12-9/h1-5,12H. The number of nitriles is 1. The van der Waals surface area contributed by atoms with Crippen molar-refractivity contribution in [1.82, 2.24) is 4.98 Å². The highest BCUT2D eigenvalue weighted by atomic mass is 16.5. The molecule has 2 rings (SSSR count). The average molecular weight is 186 g/mol. The maximum Gasteiger partial charge on any atom is 0.353 e. The Hall–Kier alpha value is -2.28. The number of carbonyl (C=O) groups excluding carboxylic acids is 1. The van der Waals surface area contributed by atoms with Crippen molar-refractivity contribution in [2.75, 3.05) is 0 Å². The van der Waals surface area contributed by atoms with E-state index in [0.29, 0.717) is 5.56 Å². The molecule has 0 aliphatic heterocycles. The van der Waals surface area contributed by atoms with Crippen molar-refractivity contribution < 1.29 is 9.53 Å². The van der Waals surface area contributed by atoms with Gasteiger partial charge in [0, 0.05) is 17.1 Å². The first kappa shape index (κ1) is 8.32. The van der Waals surface area contributed by atoms with E-state index in [9.17, 15) is 4.79 Å². The third-order valence-corrected chi connectivity index (χ3v) is 1.93. The fourth-order valence-corrected chi connectivity index (χ4v) is 1.28. The number of nitrogens with zero attached hydrogens (tertiary/aromatic N) is 1. The van der Waals surface area contributed by atoms with Gasteiger partial charge in [-0.05, 0) is 24.3 Å². The Morgan fingerprint density at radius 3 is 3.07 bits per heavy atom. The van der Waals surface area contributed by atoms with E-state index in [1.807, 2.05) is 6.07 Å². The second-order valence-corrected chi connectivity index (χ2v) is 2.76. The van der Waals surface area contributed by atoms with Crippen LogP contribution in [0, 0.1) is 11.5 Å². The number of aromatic nitrogens is 1. The maximum absolute atomic E-state index is 11.2. The second-order valence-electron chi connectivity index (χ2n) is 2.76. The van der Waals surface area contributed by atoms with Crippen LogP contribution in [0.2, 0.25) is 0 Å². The first-order chi connectivity index (χ1) is 6.81.